The smallest absolute Gasteiger partial charge is 0.117 e. The lowest BCUT2D eigenvalue weighted by Gasteiger charge is -2.01. The summed E-state index contributed by atoms with van der Waals surface area (Å²) in [5.74, 6) is 8.77. The zero-order valence-electron chi connectivity index (χ0n) is 15.0. The van der Waals surface area contributed by atoms with E-state index in [4.69, 9.17) is 0 Å². The molecule has 0 fully saturated rings. The molecule has 0 radical (unpaired) electrons. The van der Waals surface area contributed by atoms with Gasteiger partial charge in [-0.05, 0) is 24.3 Å². The first-order valence-electron chi connectivity index (χ1n) is 8.99. The molecular formula is C20H22N4S3. The average molecular weight is 415 g/mol. The van der Waals surface area contributed by atoms with Crippen molar-refractivity contribution in [3.8, 4) is 0 Å². The zero-order chi connectivity index (χ0) is 18.3. The van der Waals surface area contributed by atoms with Crippen molar-refractivity contribution >= 4 is 57.4 Å². The van der Waals surface area contributed by atoms with Crippen molar-refractivity contribution < 1.29 is 0 Å². The van der Waals surface area contributed by atoms with Crippen LogP contribution in [0, 0.1) is 0 Å². The van der Waals surface area contributed by atoms with Gasteiger partial charge in [-0.2, -0.15) is 35.3 Å². The summed E-state index contributed by atoms with van der Waals surface area (Å²) in [7, 11) is 0. The Kier molecular flexibility index (Phi) is 6.66. The molecule has 0 unspecified atom stereocenters. The lowest BCUT2D eigenvalue weighted by Crippen LogP contribution is -1.92. The minimum absolute atomic E-state index is 0.954. The topological polar surface area (TPSA) is 57.4 Å². The quantitative estimate of drug-likeness (QED) is 0.343. The van der Waals surface area contributed by atoms with Gasteiger partial charge in [0.05, 0.1) is 33.6 Å². The number of nitrogens with one attached hydrogen (secondary N) is 2. The number of aromatic nitrogens is 4. The first kappa shape index (κ1) is 18.8. The van der Waals surface area contributed by atoms with Crippen molar-refractivity contribution in [2.75, 3.05) is 23.0 Å². The van der Waals surface area contributed by atoms with E-state index in [1.807, 2.05) is 59.6 Å². The molecular weight excluding hydrogens is 392 g/mol. The van der Waals surface area contributed by atoms with E-state index in [-0.39, 0.29) is 0 Å². The maximum absolute atomic E-state index is 4.62. The summed E-state index contributed by atoms with van der Waals surface area (Å²) in [6.45, 7) is 0. The molecule has 0 saturated carbocycles. The van der Waals surface area contributed by atoms with E-state index in [1.54, 1.807) is 0 Å². The molecule has 0 saturated heterocycles. The first-order valence-corrected chi connectivity index (χ1v) is 12.5. The van der Waals surface area contributed by atoms with Crippen LogP contribution < -0.4 is 0 Å². The third kappa shape index (κ3) is 5.24. The number of thioether (sulfide) groups is 3. The van der Waals surface area contributed by atoms with E-state index in [0.29, 0.717) is 0 Å². The summed E-state index contributed by atoms with van der Waals surface area (Å²) in [5.41, 5.74) is 4.38. The molecule has 0 bridgehead atoms. The second-order valence-corrected chi connectivity index (χ2v) is 9.55. The second kappa shape index (κ2) is 9.57. The van der Waals surface area contributed by atoms with Gasteiger partial charge in [0.2, 0.25) is 0 Å². The van der Waals surface area contributed by atoms with Crippen LogP contribution in [0.25, 0.3) is 22.1 Å². The molecule has 0 spiro atoms. The van der Waals surface area contributed by atoms with Gasteiger partial charge >= 0.3 is 0 Å². The maximum atomic E-state index is 4.62. The number of para-hydroxylation sites is 4. The molecule has 2 aromatic heterocycles. The standard InChI is InChI=1S/C20H22N4S3/c1-2-6-16-15(5-1)21-19(22-16)13-26-11-9-25-10-12-27-14-20-23-17-7-3-4-8-18(17)24-20/h1-8H,9-14H2,(H,21,22)(H,23,24). The predicted octanol–water partition coefficient (Wildman–Crippen LogP) is 5.34. The molecule has 7 heteroatoms. The highest BCUT2D eigenvalue weighted by Gasteiger charge is 2.03. The van der Waals surface area contributed by atoms with E-state index < -0.39 is 0 Å². The molecule has 0 amide bonds. The normalized spacial score (nSPS) is 11.6. The van der Waals surface area contributed by atoms with Crippen LogP contribution in [0.1, 0.15) is 11.6 Å². The number of hydrogen-bond acceptors (Lipinski definition) is 5. The van der Waals surface area contributed by atoms with Crippen LogP contribution in [0.15, 0.2) is 48.5 Å². The Morgan fingerprint density at radius 2 is 1.04 bits per heavy atom. The fourth-order valence-electron chi connectivity index (χ4n) is 2.82. The van der Waals surface area contributed by atoms with E-state index in [9.17, 15) is 0 Å². The number of hydrogen-bond donors (Lipinski definition) is 2. The zero-order valence-corrected chi connectivity index (χ0v) is 17.4. The Balaban J connectivity index is 1.06. The van der Waals surface area contributed by atoms with Crippen molar-refractivity contribution in [2.45, 2.75) is 11.5 Å². The number of nitrogens with zero attached hydrogens (tertiary/aromatic N) is 2. The Hall–Kier alpha value is -1.57. The third-order valence-corrected chi connectivity index (χ3v) is 7.54. The van der Waals surface area contributed by atoms with Gasteiger partial charge in [-0.3, -0.25) is 0 Å². The SMILES string of the molecule is c1ccc2[nH]c(CSCCSCCSCc3nc4ccccc4[nH]3)nc2c1. The van der Waals surface area contributed by atoms with Crippen molar-refractivity contribution in [1.29, 1.82) is 0 Å². The summed E-state index contributed by atoms with van der Waals surface area (Å²) < 4.78 is 0. The lowest BCUT2D eigenvalue weighted by molar-refractivity contribution is 1.14. The van der Waals surface area contributed by atoms with Gasteiger partial charge in [0.25, 0.3) is 0 Å². The highest BCUT2D eigenvalue weighted by Crippen LogP contribution is 2.18. The highest BCUT2D eigenvalue weighted by atomic mass is 32.2. The molecule has 0 aliphatic heterocycles. The van der Waals surface area contributed by atoms with Crippen LogP contribution in [0.2, 0.25) is 0 Å². The Labute approximate surface area is 171 Å². The van der Waals surface area contributed by atoms with Gasteiger partial charge in [0.15, 0.2) is 0 Å². The van der Waals surface area contributed by atoms with Crippen molar-refractivity contribution in [3.05, 3.63) is 60.2 Å². The van der Waals surface area contributed by atoms with Gasteiger partial charge < -0.3 is 9.97 Å². The molecule has 27 heavy (non-hydrogen) atoms. The summed E-state index contributed by atoms with van der Waals surface area (Å²) in [5, 5.41) is 0. The van der Waals surface area contributed by atoms with Crippen molar-refractivity contribution in [2.24, 2.45) is 0 Å². The molecule has 0 atom stereocenters. The largest absolute Gasteiger partial charge is 0.341 e. The molecule has 2 aromatic carbocycles. The molecule has 4 rings (SSSR count). The Bertz CT molecular complexity index is 849. The molecule has 4 aromatic rings. The molecule has 4 nitrogen and oxygen atoms in total. The minimum atomic E-state index is 0.954. The number of H-pyrrole nitrogens is 2. The molecule has 0 aliphatic carbocycles. The minimum Gasteiger partial charge on any atom is -0.341 e. The number of aromatic amines is 2. The van der Waals surface area contributed by atoms with Crippen LogP contribution in [-0.4, -0.2) is 42.9 Å². The third-order valence-electron chi connectivity index (χ3n) is 4.10. The Morgan fingerprint density at radius 1 is 0.593 bits per heavy atom. The average Bonchev–Trinajstić information content (AvgIpc) is 3.29. The number of benzene rings is 2. The van der Waals surface area contributed by atoms with Gasteiger partial charge in [-0.25, -0.2) is 9.97 Å². The van der Waals surface area contributed by atoms with E-state index in [2.05, 4.69) is 44.2 Å². The van der Waals surface area contributed by atoms with Crippen LogP contribution in [0.5, 0.6) is 0 Å². The lowest BCUT2D eigenvalue weighted by atomic mass is 10.3. The number of rotatable bonds is 10. The predicted molar refractivity (Wildman–Crippen MR) is 122 cm³/mol. The first-order chi connectivity index (χ1) is 13.4. The van der Waals surface area contributed by atoms with Crippen LogP contribution in [0.4, 0.5) is 0 Å². The van der Waals surface area contributed by atoms with Gasteiger partial charge in [0.1, 0.15) is 11.6 Å². The number of imidazole rings is 2. The monoisotopic (exact) mass is 414 g/mol. The Morgan fingerprint density at radius 3 is 1.52 bits per heavy atom. The van der Waals surface area contributed by atoms with Crippen LogP contribution in [-0.2, 0) is 11.5 Å². The fraction of sp³-hybridized carbons (Fsp3) is 0.300. The summed E-state index contributed by atoms with van der Waals surface area (Å²) in [6.07, 6.45) is 0. The molecule has 0 aliphatic rings. The number of fused-ring (bicyclic) bond motifs is 2. The molecule has 140 valence electrons. The second-order valence-electron chi connectivity index (χ2n) is 6.12. The van der Waals surface area contributed by atoms with Gasteiger partial charge in [-0.15, -0.1) is 0 Å². The molecule has 2 N–H and O–H groups in total. The van der Waals surface area contributed by atoms with Crippen molar-refractivity contribution in [1.82, 2.24) is 19.9 Å². The van der Waals surface area contributed by atoms with Crippen molar-refractivity contribution in [3.63, 3.8) is 0 Å². The summed E-state index contributed by atoms with van der Waals surface area (Å²) in [6, 6.07) is 16.4. The maximum Gasteiger partial charge on any atom is 0.117 e. The van der Waals surface area contributed by atoms with E-state index in [1.165, 1.54) is 11.5 Å². The van der Waals surface area contributed by atoms with Crippen LogP contribution in [0.3, 0.4) is 0 Å². The fourth-order valence-corrected chi connectivity index (χ4v) is 5.86. The molecule has 2 heterocycles. The van der Waals surface area contributed by atoms with Crippen LogP contribution >= 0.6 is 35.3 Å². The highest BCUT2D eigenvalue weighted by molar-refractivity contribution is 8.04. The summed E-state index contributed by atoms with van der Waals surface area (Å²) >= 11 is 5.93. The van der Waals surface area contributed by atoms with E-state index in [0.717, 1.165) is 56.7 Å². The summed E-state index contributed by atoms with van der Waals surface area (Å²) in [4.78, 5) is 16.0. The van der Waals surface area contributed by atoms with Gasteiger partial charge in [0, 0.05) is 23.0 Å². The van der Waals surface area contributed by atoms with E-state index >= 15 is 0 Å². The van der Waals surface area contributed by atoms with Gasteiger partial charge in [-0.1, -0.05) is 24.3 Å².